The molecule has 1 amide bonds. The van der Waals surface area contributed by atoms with E-state index in [-0.39, 0.29) is 5.91 Å². The lowest BCUT2D eigenvalue weighted by atomic mass is 10.1. The summed E-state index contributed by atoms with van der Waals surface area (Å²) in [5.74, 6) is 0.530. The van der Waals surface area contributed by atoms with Gasteiger partial charge in [0.25, 0.3) is 5.91 Å². The highest BCUT2D eigenvalue weighted by molar-refractivity contribution is 5.92. The molecule has 1 aliphatic heterocycles. The molecule has 2 atom stereocenters. The van der Waals surface area contributed by atoms with Gasteiger partial charge in [0, 0.05) is 25.7 Å². The summed E-state index contributed by atoms with van der Waals surface area (Å²) in [6.07, 6.45) is 2.81. The summed E-state index contributed by atoms with van der Waals surface area (Å²) < 4.78 is 0. The van der Waals surface area contributed by atoms with Gasteiger partial charge in [-0.15, -0.1) is 0 Å². The van der Waals surface area contributed by atoms with Crippen LogP contribution in [0.25, 0.3) is 0 Å². The number of anilines is 1. The van der Waals surface area contributed by atoms with Crippen LogP contribution in [-0.2, 0) is 0 Å². The van der Waals surface area contributed by atoms with Gasteiger partial charge in [0.15, 0.2) is 0 Å². The number of carbonyl (C=O) groups excluding carboxylic acids is 1. The number of nitrogens with zero attached hydrogens (tertiary/aromatic N) is 3. The van der Waals surface area contributed by atoms with Crippen molar-refractivity contribution in [3.05, 3.63) is 24.0 Å². The third-order valence-electron chi connectivity index (χ3n) is 4.08. The maximum atomic E-state index is 12.5. The molecule has 1 aromatic rings. The Balaban J connectivity index is 2.00. The Morgan fingerprint density at radius 3 is 2.71 bits per heavy atom. The number of nitrogens with one attached hydrogen (secondary N) is 1. The van der Waals surface area contributed by atoms with E-state index in [1.807, 2.05) is 17.0 Å². The fourth-order valence-electron chi connectivity index (χ4n) is 2.84. The Bertz CT molecular complexity index is 472. The van der Waals surface area contributed by atoms with Gasteiger partial charge in [0.2, 0.25) is 0 Å². The predicted molar refractivity (Wildman–Crippen MR) is 85.6 cm³/mol. The molecule has 0 radical (unpaired) electrons. The monoisotopic (exact) mass is 290 g/mol. The molecule has 5 heteroatoms. The van der Waals surface area contributed by atoms with E-state index >= 15 is 0 Å². The zero-order valence-electron chi connectivity index (χ0n) is 13.5. The molecule has 1 aliphatic rings. The van der Waals surface area contributed by atoms with E-state index in [0.29, 0.717) is 17.7 Å². The van der Waals surface area contributed by atoms with Crippen molar-refractivity contribution in [2.75, 3.05) is 39.0 Å². The molecule has 0 saturated carbocycles. The quantitative estimate of drug-likeness (QED) is 0.900. The number of amides is 1. The molecule has 2 unspecified atom stereocenters. The van der Waals surface area contributed by atoms with Crippen LogP contribution in [0, 0.1) is 5.92 Å². The molecule has 1 aromatic heterocycles. The van der Waals surface area contributed by atoms with Crippen LogP contribution >= 0.6 is 0 Å². The molecule has 0 aliphatic carbocycles. The van der Waals surface area contributed by atoms with Gasteiger partial charge in [0.05, 0.1) is 11.9 Å². The van der Waals surface area contributed by atoms with Gasteiger partial charge in [-0.2, -0.15) is 0 Å². The smallest absolute Gasteiger partial charge is 0.272 e. The Labute approximate surface area is 127 Å². The molecular formula is C16H26N4O. The molecular weight excluding hydrogens is 264 g/mol. The second kappa shape index (κ2) is 6.89. The van der Waals surface area contributed by atoms with Crippen LogP contribution in [-0.4, -0.2) is 60.5 Å². The maximum absolute atomic E-state index is 12.5. The van der Waals surface area contributed by atoms with Gasteiger partial charge in [-0.3, -0.25) is 4.79 Å². The molecule has 0 aromatic carbocycles. The summed E-state index contributed by atoms with van der Waals surface area (Å²) in [7, 11) is 4.14. The topological polar surface area (TPSA) is 48.5 Å². The number of carbonyl (C=O) groups is 1. The highest BCUT2D eigenvalue weighted by Gasteiger charge is 2.34. The van der Waals surface area contributed by atoms with Crippen LogP contribution in [0.3, 0.4) is 0 Å². The number of rotatable bonds is 5. The maximum Gasteiger partial charge on any atom is 0.272 e. The third kappa shape index (κ3) is 3.73. The molecule has 1 saturated heterocycles. The van der Waals surface area contributed by atoms with Crippen molar-refractivity contribution in [1.29, 1.82) is 0 Å². The summed E-state index contributed by atoms with van der Waals surface area (Å²) in [5, 5.41) is 3.26. The Morgan fingerprint density at radius 1 is 1.43 bits per heavy atom. The SMILES string of the molecule is CCCNc1ccc(C(=O)N2CC(C)C(N(C)C)C2)nc1. The normalized spacial score (nSPS) is 21.9. The van der Waals surface area contributed by atoms with E-state index in [9.17, 15) is 4.79 Å². The number of hydrogen-bond acceptors (Lipinski definition) is 4. The standard InChI is InChI=1S/C16H26N4O/c1-5-8-17-13-6-7-14(18-9-13)16(21)20-10-12(2)15(11-20)19(3)4/h6-7,9,12,15,17H,5,8,10-11H2,1-4H3. The van der Waals surface area contributed by atoms with Crippen molar-refractivity contribution in [3.8, 4) is 0 Å². The van der Waals surface area contributed by atoms with Gasteiger partial charge in [-0.25, -0.2) is 4.98 Å². The van der Waals surface area contributed by atoms with Crippen LogP contribution in [0.5, 0.6) is 0 Å². The summed E-state index contributed by atoms with van der Waals surface area (Å²) in [4.78, 5) is 20.9. The number of pyridine rings is 1. The third-order valence-corrected chi connectivity index (χ3v) is 4.08. The van der Waals surface area contributed by atoms with Gasteiger partial charge in [0.1, 0.15) is 5.69 Å². The van der Waals surface area contributed by atoms with Gasteiger partial charge < -0.3 is 15.1 Å². The molecule has 5 nitrogen and oxygen atoms in total. The first-order valence-corrected chi connectivity index (χ1v) is 7.68. The van der Waals surface area contributed by atoms with Crippen LogP contribution in [0.1, 0.15) is 30.8 Å². The van der Waals surface area contributed by atoms with Crippen molar-refractivity contribution in [2.24, 2.45) is 5.92 Å². The summed E-state index contributed by atoms with van der Waals surface area (Å²) in [6, 6.07) is 4.17. The van der Waals surface area contributed by atoms with Gasteiger partial charge in [-0.1, -0.05) is 13.8 Å². The second-order valence-electron chi connectivity index (χ2n) is 6.08. The molecule has 21 heavy (non-hydrogen) atoms. The van der Waals surface area contributed by atoms with Crippen molar-refractivity contribution >= 4 is 11.6 Å². The Morgan fingerprint density at radius 2 is 2.19 bits per heavy atom. The minimum Gasteiger partial charge on any atom is -0.384 e. The molecule has 0 bridgehead atoms. The lowest BCUT2D eigenvalue weighted by Gasteiger charge is -2.22. The largest absolute Gasteiger partial charge is 0.384 e. The minimum atomic E-state index is 0.0354. The summed E-state index contributed by atoms with van der Waals surface area (Å²) in [5.41, 5.74) is 1.50. The van der Waals surface area contributed by atoms with Crippen LogP contribution in [0.2, 0.25) is 0 Å². The van der Waals surface area contributed by atoms with Crippen LogP contribution < -0.4 is 5.32 Å². The summed E-state index contributed by atoms with van der Waals surface area (Å²) >= 11 is 0. The van der Waals surface area contributed by atoms with Gasteiger partial charge >= 0.3 is 0 Å². The van der Waals surface area contributed by atoms with Crippen molar-refractivity contribution < 1.29 is 4.79 Å². The van der Waals surface area contributed by atoms with E-state index in [2.05, 4.69) is 43.1 Å². The fourth-order valence-corrected chi connectivity index (χ4v) is 2.84. The Hall–Kier alpha value is -1.62. The molecule has 2 heterocycles. The minimum absolute atomic E-state index is 0.0354. The van der Waals surface area contributed by atoms with E-state index in [1.165, 1.54) is 0 Å². The average molecular weight is 290 g/mol. The molecule has 1 fully saturated rings. The lowest BCUT2D eigenvalue weighted by Crippen LogP contribution is -2.36. The van der Waals surface area contributed by atoms with E-state index in [0.717, 1.165) is 31.7 Å². The molecule has 116 valence electrons. The zero-order chi connectivity index (χ0) is 15.4. The zero-order valence-corrected chi connectivity index (χ0v) is 13.5. The van der Waals surface area contributed by atoms with Crippen LogP contribution in [0.15, 0.2) is 18.3 Å². The van der Waals surface area contributed by atoms with Crippen molar-refractivity contribution in [1.82, 2.24) is 14.8 Å². The van der Waals surface area contributed by atoms with E-state index in [1.54, 1.807) is 6.20 Å². The van der Waals surface area contributed by atoms with Gasteiger partial charge in [-0.05, 0) is 38.6 Å². The highest BCUT2D eigenvalue weighted by atomic mass is 16.2. The van der Waals surface area contributed by atoms with Crippen molar-refractivity contribution in [2.45, 2.75) is 26.3 Å². The van der Waals surface area contributed by atoms with Crippen LogP contribution in [0.4, 0.5) is 5.69 Å². The number of likely N-dealkylation sites (N-methyl/N-ethyl adjacent to an activating group) is 1. The van der Waals surface area contributed by atoms with E-state index in [4.69, 9.17) is 0 Å². The first-order chi connectivity index (χ1) is 10.0. The number of likely N-dealkylation sites (tertiary alicyclic amines) is 1. The molecule has 2 rings (SSSR count). The second-order valence-corrected chi connectivity index (χ2v) is 6.08. The fraction of sp³-hybridized carbons (Fsp3) is 0.625. The number of aromatic nitrogens is 1. The highest BCUT2D eigenvalue weighted by Crippen LogP contribution is 2.21. The molecule has 1 N–H and O–H groups in total. The Kier molecular flexibility index (Phi) is 5.17. The predicted octanol–water partition coefficient (Wildman–Crippen LogP) is 1.93. The first kappa shape index (κ1) is 15.8. The first-order valence-electron chi connectivity index (χ1n) is 7.68. The van der Waals surface area contributed by atoms with Crippen molar-refractivity contribution in [3.63, 3.8) is 0 Å². The lowest BCUT2D eigenvalue weighted by molar-refractivity contribution is 0.0775. The number of hydrogen-bond donors (Lipinski definition) is 1. The van der Waals surface area contributed by atoms with E-state index < -0.39 is 0 Å². The average Bonchev–Trinajstić information content (AvgIpc) is 2.87. The molecule has 0 spiro atoms. The summed E-state index contributed by atoms with van der Waals surface area (Å²) in [6.45, 7) is 6.82.